The van der Waals surface area contributed by atoms with Crippen molar-refractivity contribution in [2.75, 3.05) is 18.5 Å². The third kappa shape index (κ3) is 5.12. The maximum absolute atomic E-state index is 11.6. The van der Waals surface area contributed by atoms with Crippen LogP contribution in [0, 0.1) is 0 Å². The normalized spacial score (nSPS) is 9.95. The molecule has 0 spiro atoms. The molecule has 2 aromatic rings. The van der Waals surface area contributed by atoms with Gasteiger partial charge in [-0.05, 0) is 17.7 Å². The van der Waals surface area contributed by atoms with Crippen LogP contribution in [0.2, 0.25) is 0 Å². The largest absolute Gasteiger partial charge is 0.490 e. The molecule has 1 heterocycles. The quantitative estimate of drug-likeness (QED) is 0.851. The summed E-state index contributed by atoms with van der Waals surface area (Å²) in [5.41, 5.74) is 0.911. The fourth-order valence-electron chi connectivity index (χ4n) is 1.57. The van der Waals surface area contributed by atoms with E-state index in [0.717, 1.165) is 5.56 Å². The van der Waals surface area contributed by atoms with E-state index in [1.165, 1.54) is 6.20 Å². The van der Waals surface area contributed by atoms with E-state index in [1.54, 1.807) is 12.1 Å². The van der Waals surface area contributed by atoms with Gasteiger partial charge in [-0.1, -0.05) is 30.3 Å². The number of amides is 1. The minimum atomic E-state index is -0.574. The zero-order chi connectivity index (χ0) is 14.9. The Morgan fingerprint density at radius 1 is 1.19 bits per heavy atom. The van der Waals surface area contributed by atoms with Crippen LogP contribution in [0.15, 0.2) is 48.7 Å². The summed E-state index contributed by atoms with van der Waals surface area (Å²) in [6.07, 6.45) is 0.887. The molecule has 6 heteroatoms. The number of pyridine rings is 1. The highest BCUT2D eigenvalue weighted by Crippen LogP contribution is 2.12. The molecule has 0 atom stereocenters. The number of anilines is 1. The van der Waals surface area contributed by atoms with Gasteiger partial charge in [-0.15, -0.1) is 0 Å². The number of carbonyl (C=O) groups excluding carboxylic acids is 1. The SMILES string of the molecule is O=C(Nc1ccc(OCCO)cn1)OCc1ccccc1. The zero-order valence-corrected chi connectivity index (χ0v) is 11.4. The molecule has 0 bridgehead atoms. The maximum atomic E-state index is 11.6. The molecule has 0 aliphatic carbocycles. The van der Waals surface area contributed by atoms with Gasteiger partial charge in [-0.2, -0.15) is 0 Å². The summed E-state index contributed by atoms with van der Waals surface area (Å²) in [6.45, 7) is 0.337. The van der Waals surface area contributed by atoms with Crippen LogP contribution in [-0.4, -0.2) is 29.4 Å². The number of benzene rings is 1. The van der Waals surface area contributed by atoms with Crippen LogP contribution in [0.25, 0.3) is 0 Å². The number of hydrogen-bond donors (Lipinski definition) is 2. The van der Waals surface area contributed by atoms with Gasteiger partial charge < -0.3 is 14.6 Å². The number of aliphatic hydroxyl groups excluding tert-OH is 1. The topological polar surface area (TPSA) is 80.7 Å². The summed E-state index contributed by atoms with van der Waals surface area (Å²) >= 11 is 0. The zero-order valence-electron chi connectivity index (χ0n) is 11.4. The van der Waals surface area contributed by atoms with Crippen LogP contribution < -0.4 is 10.1 Å². The van der Waals surface area contributed by atoms with Gasteiger partial charge >= 0.3 is 6.09 Å². The van der Waals surface area contributed by atoms with Crippen molar-refractivity contribution in [2.45, 2.75) is 6.61 Å². The van der Waals surface area contributed by atoms with Gasteiger partial charge in [0.25, 0.3) is 0 Å². The fourth-order valence-corrected chi connectivity index (χ4v) is 1.57. The maximum Gasteiger partial charge on any atom is 0.413 e. The summed E-state index contributed by atoms with van der Waals surface area (Å²) in [7, 11) is 0. The predicted octanol–water partition coefficient (Wildman–Crippen LogP) is 2.20. The Labute approximate surface area is 122 Å². The second-order valence-electron chi connectivity index (χ2n) is 4.14. The summed E-state index contributed by atoms with van der Waals surface area (Å²) in [4.78, 5) is 15.6. The van der Waals surface area contributed by atoms with Gasteiger partial charge in [0.15, 0.2) is 0 Å². The first-order valence-electron chi connectivity index (χ1n) is 6.45. The lowest BCUT2D eigenvalue weighted by atomic mass is 10.2. The standard InChI is InChI=1S/C15H16N2O4/c18-8-9-20-13-6-7-14(16-10-13)17-15(19)21-11-12-4-2-1-3-5-12/h1-7,10,18H,8-9,11H2,(H,16,17,19). The van der Waals surface area contributed by atoms with E-state index in [4.69, 9.17) is 14.6 Å². The second kappa shape index (κ2) is 7.86. The number of carbonyl (C=O) groups is 1. The van der Waals surface area contributed by atoms with E-state index in [2.05, 4.69) is 10.3 Å². The Hall–Kier alpha value is -2.60. The van der Waals surface area contributed by atoms with Crippen molar-refractivity contribution in [2.24, 2.45) is 0 Å². The molecule has 2 N–H and O–H groups in total. The molecule has 0 aliphatic heterocycles. The van der Waals surface area contributed by atoms with E-state index in [-0.39, 0.29) is 19.8 Å². The second-order valence-corrected chi connectivity index (χ2v) is 4.14. The highest BCUT2D eigenvalue weighted by atomic mass is 16.5. The number of nitrogens with zero attached hydrogens (tertiary/aromatic N) is 1. The minimum absolute atomic E-state index is 0.0637. The summed E-state index contributed by atoms with van der Waals surface area (Å²) in [5.74, 6) is 0.886. The van der Waals surface area contributed by atoms with Crippen LogP contribution >= 0.6 is 0 Å². The number of nitrogens with one attached hydrogen (secondary N) is 1. The molecular formula is C15H16N2O4. The first kappa shape index (κ1) is 14.8. The van der Waals surface area contributed by atoms with Crippen molar-refractivity contribution in [3.8, 4) is 5.75 Å². The molecule has 0 saturated heterocycles. The Morgan fingerprint density at radius 2 is 2.00 bits per heavy atom. The first-order valence-corrected chi connectivity index (χ1v) is 6.45. The van der Waals surface area contributed by atoms with Gasteiger partial charge in [-0.3, -0.25) is 5.32 Å². The van der Waals surface area contributed by atoms with Crippen molar-refractivity contribution in [1.82, 2.24) is 4.98 Å². The number of aliphatic hydroxyl groups is 1. The fraction of sp³-hybridized carbons (Fsp3) is 0.200. The lowest BCUT2D eigenvalue weighted by Crippen LogP contribution is -2.14. The Morgan fingerprint density at radius 3 is 2.67 bits per heavy atom. The molecule has 1 aromatic heterocycles. The van der Waals surface area contributed by atoms with E-state index in [0.29, 0.717) is 11.6 Å². The van der Waals surface area contributed by atoms with Crippen molar-refractivity contribution >= 4 is 11.9 Å². The van der Waals surface area contributed by atoms with Gasteiger partial charge in [0.05, 0.1) is 12.8 Å². The third-order valence-electron chi connectivity index (χ3n) is 2.54. The molecule has 0 saturated carbocycles. The molecule has 1 amide bonds. The summed E-state index contributed by atoms with van der Waals surface area (Å²) in [6, 6.07) is 12.6. The number of ether oxygens (including phenoxy) is 2. The van der Waals surface area contributed by atoms with Gasteiger partial charge in [0.1, 0.15) is 24.8 Å². The van der Waals surface area contributed by atoms with Crippen LogP contribution in [0.1, 0.15) is 5.56 Å². The van der Waals surface area contributed by atoms with Gasteiger partial charge in [-0.25, -0.2) is 9.78 Å². The highest BCUT2D eigenvalue weighted by molar-refractivity contribution is 5.83. The van der Waals surface area contributed by atoms with Crippen LogP contribution in [0.5, 0.6) is 5.75 Å². The molecule has 6 nitrogen and oxygen atoms in total. The molecule has 2 rings (SSSR count). The lowest BCUT2D eigenvalue weighted by molar-refractivity contribution is 0.155. The van der Waals surface area contributed by atoms with Crippen molar-refractivity contribution in [1.29, 1.82) is 0 Å². The number of aromatic nitrogens is 1. The van der Waals surface area contributed by atoms with Crippen LogP contribution in [0.4, 0.5) is 10.6 Å². The molecule has 110 valence electrons. The number of rotatable bonds is 6. The molecule has 1 aromatic carbocycles. The molecule has 0 aliphatic rings. The van der Waals surface area contributed by atoms with Crippen molar-refractivity contribution in [3.05, 3.63) is 54.2 Å². The van der Waals surface area contributed by atoms with Crippen LogP contribution in [-0.2, 0) is 11.3 Å². The average molecular weight is 288 g/mol. The van der Waals surface area contributed by atoms with E-state index >= 15 is 0 Å². The van der Waals surface area contributed by atoms with Gasteiger partial charge in [0.2, 0.25) is 0 Å². The smallest absolute Gasteiger partial charge is 0.413 e. The van der Waals surface area contributed by atoms with Crippen molar-refractivity contribution < 1.29 is 19.4 Å². The Kier molecular flexibility index (Phi) is 5.54. The first-order chi connectivity index (χ1) is 10.3. The molecule has 0 unspecified atom stereocenters. The number of hydrogen-bond acceptors (Lipinski definition) is 5. The Bertz CT molecular complexity index is 558. The molecule has 0 fully saturated rings. The summed E-state index contributed by atoms with van der Waals surface area (Å²) < 4.78 is 10.2. The van der Waals surface area contributed by atoms with E-state index < -0.39 is 6.09 Å². The average Bonchev–Trinajstić information content (AvgIpc) is 2.53. The predicted molar refractivity (Wildman–Crippen MR) is 77.1 cm³/mol. The van der Waals surface area contributed by atoms with E-state index in [1.807, 2.05) is 30.3 Å². The Balaban J connectivity index is 1.79. The minimum Gasteiger partial charge on any atom is -0.490 e. The molecule has 0 radical (unpaired) electrons. The molecule has 21 heavy (non-hydrogen) atoms. The van der Waals surface area contributed by atoms with Gasteiger partial charge in [0, 0.05) is 0 Å². The molecular weight excluding hydrogens is 272 g/mol. The van der Waals surface area contributed by atoms with Crippen molar-refractivity contribution in [3.63, 3.8) is 0 Å². The summed E-state index contributed by atoms with van der Waals surface area (Å²) in [5, 5.41) is 11.2. The van der Waals surface area contributed by atoms with E-state index in [9.17, 15) is 4.79 Å². The lowest BCUT2D eigenvalue weighted by Gasteiger charge is -2.07. The highest BCUT2D eigenvalue weighted by Gasteiger charge is 2.05. The monoisotopic (exact) mass is 288 g/mol. The van der Waals surface area contributed by atoms with Crippen LogP contribution in [0.3, 0.4) is 0 Å². The third-order valence-corrected chi connectivity index (χ3v) is 2.54.